The van der Waals surface area contributed by atoms with Gasteiger partial charge >= 0.3 is 0 Å². The highest BCUT2D eigenvalue weighted by Crippen LogP contribution is 2.25. The fraction of sp³-hybridized carbons (Fsp3) is 0.375. The van der Waals surface area contributed by atoms with E-state index in [-0.39, 0.29) is 17.6 Å². The second-order valence-corrected chi connectivity index (χ2v) is 5.56. The molecule has 0 spiro atoms. The third kappa shape index (κ3) is 2.77. The minimum atomic E-state index is -0.0901. The molecule has 1 aromatic carbocycles. The van der Waals surface area contributed by atoms with Gasteiger partial charge in [0.15, 0.2) is 5.78 Å². The van der Waals surface area contributed by atoms with E-state index < -0.39 is 0 Å². The Morgan fingerprint density at radius 3 is 2.73 bits per heavy atom. The van der Waals surface area contributed by atoms with Crippen LogP contribution in [0.3, 0.4) is 0 Å². The number of carbonyl (C=O) groups is 2. The number of nitrogens with zero attached hydrogens (tertiary/aromatic N) is 3. The van der Waals surface area contributed by atoms with Gasteiger partial charge in [-0.25, -0.2) is 4.98 Å². The van der Waals surface area contributed by atoms with E-state index in [2.05, 4.69) is 15.2 Å². The summed E-state index contributed by atoms with van der Waals surface area (Å²) >= 11 is 0. The molecule has 1 amide bonds. The first-order valence-corrected chi connectivity index (χ1v) is 7.41. The Balaban J connectivity index is 1.82. The summed E-state index contributed by atoms with van der Waals surface area (Å²) in [6.07, 6.45) is 3.38. The van der Waals surface area contributed by atoms with Crippen LogP contribution >= 0.6 is 0 Å². The minimum Gasteiger partial charge on any atom is -0.338 e. The molecular weight excluding hydrogens is 280 g/mol. The Labute approximate surface area is 128 Å². The van der Waals surface area contributed by atoms with Gasteiger partial charge in [0.05, 0.1) is 5.56 Å². The summed E-state index contributed by atoms with van der Waals surface area (Å²) in [6, 6.07) is 6.99. The van der Waals surface area contributed by atoms with Crippen molar-refractivity contribution < 1.29 is 9.59 Å². The molecule has 2 heterocycles. The summed E-state index contributed by atoms with van der Waals surface area (Å²) in [6.45, 7) is 2.79. The average Bonchev–Trinajstić information content (AvgIpc) is 3.09. The largest absolute Gasteiger partial charge is 0.338 e. The molecule has 2 aromatic rings. The van der Waals surface area contributed by atoms with E-state index in [0.29, 0.717) is 24.2 Å². The Bertz CT molecular complexity index is 681. The van der Waals surface area contributed by atoms with E-state index in [1.807, 2.05) is 0 Å². The lowest BCUT2D eigenvalue weighted by atomic mass is 9.95. The fourth-order valence-electron chi connectivity index (χ4n) is 2.94. The maximum Gasteiger partial charge on any atom is 0.254 e. The molecule has 0 bridgehead atoms. The quantitative estimate of drug-likeness (QED) is 0.879. The van der Waals surface area contributed by atoms with Crippen LogP contribution in [0.4, 0.5) is 0 Å². The topological polar surface area (TPSA) is 79.0 Å². The first-order valence-electron chi connectivity index (χ1n) is 7.41. The van der Waals surface area contributed by atoms with Gasteiger partial charge in [-0.15, -0.1) is 0 Å². The van der Waals surface area contributed by atoms with Crippen molar-refractivity contribution in [2.24, 2.45) is 0 Å². The molecule has 114 valence electrons. The van der Waals surface area contributed by atoms with E-state index in [4.69, 9.17) is 0 Å². The van der Waals surface area contributed by atoms with E-state index in [0.717, 1.165) is 18.7 Å². The third-order valence-electron chi connectivity index (χ3n) is 4.07. The average molecular weight is 298 g/mol. The van der Waals surface area contributed by atoms with Gasteiger partial charge in [0.25, 0.3) is 5.91 Å². The number of H-pyrrole nitrogens is 1. The summed E-state index contributed by atoms with van der Waals surface area (Å²) in [7, 11) is 0. The maximum absolute atomic E-state index is 12.8. The number of rotatable bonds is 3. The van der Waals surface area contributed by atoms with Crippen molar-refractivity contribution in [2.45, 2.75) is 25.7 Å². The van der Waals surface area contributed by atoms with Crippen molar-refractivity contribution in [1.82, 2.24) is 20.1 Å². The number of aromatic nitrogens is 3. The first kappa shape index (κ1) is 14.4. The summed E-state index contributed by atoms with van der Waals surface area (Å²) in [4.78, 5) is 30.5. The van der Waals surface area contributed by atoms with E-state index in [1.54, 1.807) is 29.2 Å². The standard InChI is InChI=1S/C16H18N4O2/c1-11(21)13-6-2-3-7-14(13)16(22)20-8-4-5-12(9-20)15-17-10-18-19-15/h2-3,6-7,10,12H,4-5,8-9H2,1H3,(H,17,18,19)/t12-/m0/s1. The molecule has 1 fully saturated rings. The van der Waals surface area contributed by atoms with Crippen molar-refractivity contribution in [1.29, 1.82) is 0 Å². The fourth-order valence-corrected chi connectivity index (χ4v) is 2.94. The molecule has 0 saturated carbocycles. The molecule has 3 rings (SSSR count). The lowest BCUT2D eigenvalue weighted by molar-refractivity contribution is 0.0700. The Hall–Kier alpha value is -2.50. The van der Waals surface area contributed by atoms with Crippen LogP contribution in [-0.4, -0.2) is 44.9 Å². The third-order valence-corrected chi connectivity index (χ3v) is 4.07. The van der Waals surface area contributed by atoms with E-state index in [1.165, 1.54) is 13.3 Å². The molecule has 6 nitrogen and oxygen atoms in total. The summed E-state index contributed by atoms with van der Waals surface area (Å²) in [5, 5.41) is 6.76. The van der Waals surface area contributed by atoms with Crippen LogP contribution in [0.1, 0.15) is 52.2 Å². The van der Waals surface area contributed by atoms with E-state index >= 15 is 0 Å². The van der Waals surface area contributed by atoms with Crippen molar-refractivity contribution in [3.63, 3.8) is 0 Å². The zero-order valence-electron chi connectivity index (χ0n) is 12.5. The van der Waals surface area contributed by atoms with Gasteiger partial charge < -0.3 is 4.90 Å². The van der Waals surface area contributed by atoms with Gasteiger partial charge in [0, 0.05) is 24.6 Å². The molecule has 0 aliphatic carbocycles. The minimum absolute atomic E-state index is 0.0879. The van der Waals surface area contributed by atoms with Crippen molar-refractivity contribution in [3.8, 4) is 0 Å². The number of hydrogen-bond acceptors (Lipinski definition) is 4. The zero-order chi connectivity index (χ0) is 15.5. The van der Waals surface area contributed by atoms with Gasteiger partial charge in [-0.1, -0.05) is 18.2 Å². The highest BCUT2D eigenvalue weighted by atomic mass is 16.2. The number of aromatic amines is 1. The lowest BCUT2D eigenvalue weighted by Gasteiger charge is -2.32. The van der Waals surface area contributed by atoms with Crippen molar-refractivity contribution in [2.75, 3.05) is 13.1 Å². The number of ketones is 1. The van der Waals surface area contributed by atoms with Gasteiger partial charge in [-0.2, -0.15) is 5.10 Å². The molecule has 1 saturated heterocycles. The predicted octanol–water partition coefficient (Wildman–Crippen LogP) is 2.03. The highest BCUT2D eigenvalue weighted by Gasteiger charge is 2.28. The summed E-state index contributed by atoms with van der Waals surface area (Å²) < 4.78 is 0. The Morgan fingerprint density at radius 2 is 2.05 bits per heavy atom. The van der Waals surface area contributed by atoms with Crippen LogP contribution < -0.4 is 0 Å². The van der Waals surface area contributed by atoms with Crippen LogP contribution in [-0.2, 0) is 0 Å². The zero-order valence-corrected chi connectivity index (χ0v) is 12.5. The number of hydrogen-bond donors (Lipinski definition) is 1. The highest BCUT2D eigenvalue weighted by molar-refractivity contribution is 6.07. The normalized spacial score (nSPS) is 18.2. The van der Waals surface area contributed by atoms with E-state index in [9.17, 15) is 9.59 Å². The molecule has 0 radical (unpaired) electrons. The smallest absolute Gasteiger partial charge is 0.254 e. The molecular formula is C16H18N4O2. The molecule has 1 aromatic heterocycles. The SMILES string of the molecule is CC(=O)c1ccccc1C(=O)N1CCC[C@H](c2ncn[nH]2)C1. The van der Waals surface area contributed by atoms with Gasteiger partial charge in [-0.05, 0) is 25.8 Å². The molecule has 1 atom stereocenters. The summed E-state index contributed by atoms with van der Waals surface area (Å²) in [5.41, 5.74) is 0.961. The molecule has 22 heavy (non-hydrogen) atoms. The van der Waals surface area contributed by atoms with Crippen LogP contribution in [0.15, 0.2) is 30.6 Å². The molecule has 1 aliphatic heterocycles. The van der Waals surface area contributed by atoms with Crippen molar-refractivity contribution in [3.05, 3.63) is 47.5 Å². The van der Waals surface area contributed by atoms with Crippen LogP contribution in [0, 0.1) is 0 Å². The number of likely N-dealkylation sites (tertiary alicyclic amines) is 1. The number of Topliss-reactive ketones (excluding diaryl/α,β-unsaturated/α-hetero) is 1. The number of nitrogens with one attached hydrogen (secondary N) is 1. The molecule has 1 aliphatic rings. The van der Waals surface area contributed by atoms with Crippen LogP contribution in [0.25, 0.3) is 0 Å². The second-order valence-electron chi connectivity index (χ2n) is 5.56. The van der Waals surface area contributed by atoms with Crippen LogP contribution in [0.2, 0.25) is 0 Å². The number of amides is 1. The predicted molar refractivity (Wildman–Crippen MR) is 80.7 cm³/mol. The molecule has 0 unspecified atom stereocenters. The van der Waals surface area contributed by atoms with Gasteiger partial charge in [-0.3, -0.25) is 14.7 Å². The van der Waals surface area contributed by atoms with Crippen LogP contribution in [0.5, 0.6) is 0 Å². The Kier molecular flexibility index (Phi) is 4.00. The lowest BCUT2D eigenvalue weighted by Crippen LogP contribution is -2.39. The molecule has 6 heteroatoms. The Morgan fingerprint density at radius 1 is 1.27 bits per heavy atom. The number of carbonyl (C=O) groups excluding carboxylic acids is 2. The number of piperidine rings is 1. The van der Waals surface area contributed by atoms with Gasteiger partial charge in [0.2, 0.25) is 0 Å². The second kappa shape index (κ2) is 6.09. The van der Waals surface area contributed by atoms with Crippen molar-refractivity contribution >= 4 is 11.7 Å². The number of benzene rings is 1. The molecule has 1 N–H and O–H groups in total. The maximum atomic E-state index is 12.8. The summed E-state index contributed by atoms with van der Waals surface area (Å²) in [5.74, 6) is 0.810. The first-order chi connectivity index (χ1) is 10.7. The van der Waals surface area contributed by atoms with Gasteiger partial charge in [0.1, 0.15) is 12.2 Å². The monoisotopic (exact) mass is 298 g/mol.